The van der Waals surface area contributed by atoms with E-state index in [9.17, 15) is 4.79 Å². The lowest BCUT2D eigenvalue weighted by Crippen LogP contribution is -2.26. The molecule has 0 bridgehead atoms. The maximum absolute atomic E-state index is 12.7. The number of aryl methyl sites for hydroxylation is 1. The molecular weight excluding hydrogens is 382 g/mol. The Bertz CT molecular complexity index is 956. The van der Waals surface area contributed by atoms with Crippen LogP contribution < -0.4 is 5.32 Å². The molecule has 0 radical (unpaired) electrons. The molecule has 7 heteroatoms. The second kappa shape index (κ2) is 7.82. The zero-order chi connectivity index (χ0) is 19.6. The average molecular weight is 404 g/mol. The Morgan fingerprint density at radius 1 is 1.30 bits per heavy atom. The number of rotatable bonds is 5. The topological polar surface area (TPSA) is 68.0 Å². The van der Waals surface area contributed by atoms with Gasteiger partial charge in [0.25, 0.3) is 5.91 Å². The molecule has 0 fully saturated rings. The summed E-state index contributed by atoms with van der Waals surface area (Å²) in [5.41, 5.74) is 2.65. The highest BCUT2D eigenvalue weighted by molar-refractivity contribution is 7.09. The fraction of sp³-hybridized carbons (Fsp3) is 0.350. The predicted molar refractivity (Wildman–Crippen MR) is 109 cm³/mol. The summed E-state index contributed by atoms with van der Waals surface area (Å²) in [6.07, 6.45) is 0.679. The number of carbonyl (C=O) groups excluding carboxylic acids is 1. The van der Waals surface area contributed by atoms with Gasteiger partial charge in [-0.1, -0.05) is 55.7 Å². The fourth-order valence-corrected chi connectivity index (χ4v) is 3.87. The zero-order valence-corrected chi connectivity index (χ0v) is 17.4. The third-order valence-corrected chi connectivity index (χ3v) is 5.40. The first-order valence-electron chi connectivity index (χ1n) is 8.71. The van der Waals surface area contributed by atoms with Crippen LogP contribution in [0.5, 0.6) is 0 Å². The molecule has 2 aromatic heterocycles. The van der Waals surface area contributed by atoms with Crippen LogP contribution in [0.1, 0.15) is 47.6 Å². The number of aromatic nitrogens is 2. The maximum Gasteiger partial charge on any atom is 0.257 e. The lowest BCUT2D eigenvalue weighted by atomic mass is 9.93. The second-order valence-corrected chi connectivity index (χ2v) is 8.67. The van der Waals surface area contributed by atoms with Crippen molar-refractivity contribution in [3.05, 3.63) is 56.7 Å². The molecule has 0 atom stereocenters. The van der Waals surface area contributed by atoms with Gasteiger partial charge in [-0.25, -0.2) is 4.98 Å². The van der Waals surface area contributed by atoms with E-state index in [0.29, 0.717) is 40.6 Å². The molecule has 142 valence electrons. The Labute approximate surface area is 167 Å². The third-order valence-electron chi connectivity index (χ3n) is 4.16. The summed E-state index contributed by atoms with van der Waals surface area (Å²) < 4.78 is 5.25. The Morgan fingerprint density at radius 2 is 2.04 bits per heavy atom. The molecule has 0 aliphatic rings. The van der Waals surface area contributed by atoms with Gasteiger partial charge in [0.15, 0.2) is 0 Å². The maximum atomic E-state index is 12.7. The molecule has 0 aliphatic heterocycles. The van der Waals surface area contributed by atoms with Crippen molar-refractivity contribution in [1.82, 2.24) is 15.5 Å². The average Bonchev–Trinajstić information content (AvgIpc) is 3.22. The van der Waals surface area contributed by atoms with Gasteiger partial charge in [-0.2, -0.15) is 0 Å². The van der Waals surface area contributed by atoms with Crippen LogP contribution in [-0.2, 0) is 11.8 Å². The molecule has 0 spiro atoms. The Kier molecular flexibility index (Phi) is 5.67. The highest BCUT2D eigenvalue weighted by Crippen LogP contribution is 2.31. The molecule has 0 unspecified atom stereocenters. The molecule has 5 nitrogen and oxygen atoms in total. The monoisotopic (exact) mass is 403 g/mol. The summed E-state index contributed by atoms with van der Waals surface area (Å²) in [5.74, 6) is 0.239. The number of halogens is 1. The van der Waals surface area contributed by atoms with Crippen LogP contribution >= 0.6 is 22.9 Å². The molecule has 2 heterocycles. The minimum atomic E-state index is -0.226. The van der Waals surface area contributed by atoms with Gasteiger partial charge in [0.2, 0.25) is 0 Å². The van der Waals surface area contributed by atoms with Crippen LogP contribution in [0.25, 0.3) is 11.3 Å². The van der Waals surface area contributed by atoms with E-state index in [1.807, 2.05) is 18.2 Å². The first-order valence-corrected chi connectivity index (χ1v) is 9.97. The van der Waals surface area contributed by atoms with E-state index < -0.39 is 0 Å². The fourth-order valence-electron chi connectivity index (χ4n) is 2.62. The lowest BCUT2D eigenvalue weighted by Gasteiger charge is -2.14. The first kappa shape index (κ1) is 19.6. The van der Waals surface area contributed by atoms with Gasteiger partial charge in [-0.05, 0) is 13.0 Å². The molecule has 3 rings (SSSR count). The number of benzene rings is 1. The minimum absolute atomic E-state index is 0.0292. The standard InChI is InChI=1S/C20H22ClN3O2S/c1-12-17(18(24-26-12)13-7-5-6-8-14(13)21)19(25)22-10-9-16-23-15(11-27-16)20(2,3)4/h5-8,11H,9-10H2,1-4H3,(H,22,25). The normalized spacial score (nSPS) is 11.6. The van der Waals surface area contributed by atoms with Gasteiger partial charge in [0.1, 0.15) is 17.0 Å². The number of nitrogens with one attached hydrogen (secondary N) is 1. The smallest absolute Gasteiger partial charge is 0.257 e. The SMILES string of the molecule is Cc1onc(-c2ccccc2Cl)c1C(=O)NCCc1nc(C(C)(C)C)cs1. The molecule has 0 saturated carbocycles. The lowest BCUT2D eigenvalue weighted by molar-refractivity contribution is 0.0953. The van der Waals surface area contributed by atoms with Crippen LogP contribution in [0.15, 0.2) is 34.2 Å². The molecule has 27 heavy (non-hydrogen) atoms. The molecule has 1 amide bonds. The van der Waals surface area contributed by atoms with Crippen molar-refractivity contribution in [3.8, 4) is 11.3 Å². The summed E-state index contributed by atoms with van der Waals surface area (Å²) in [5, 5.41) is 10.6. The summed E-state index contributed by atoms with van der Waals surface area (Å²) in [7, 11) is 0. The molecule has 3 aromatic rings. The highest BCUT2D eigenvalue weighted by Gasteiger charge is 2.23. The summed E-state index contributed by atoms with van der Waals surface area (Å²) >= 11 is 7.87. The van der Waals surface area contributed by atoms with Crippen molar-refractivity contribution in [2.75, 3.05) is 6.54 Å². The van der Waals surface area contributed by atoms with E-state index in [1.165, 1.54) is 0 Å². The van der Waals surface area contributed by atoms with Crippen molar-refractivity contribution in [3.63, 3.8) is 0 Å². The van der Waals surface area contributed by atoms with Crippen molar-refractivity contribution in [2.45, 2.75) is 39.5 Å². The second-order valence-electron chi connectivity index (χ2n) is 7.32. The van der Waals surface area contributed by atoms with Crippen LogP contribution in [0, 0.1) is 6.92 Å². The minimum Gasteiger partial charge on any atom is -0.360 e. The van der Waals surface area contributed by atoms with Crippen LogP contribution in [0.3, 0.4) is 0 Å². The van der Waals surface area contributed by atoms with E-state index in [-0.39, 0.29) is 11.3 Å². The summed E-state index contributed by atoms with van der Waals surface area (Å²) in [6, 6.07) is 7.26. The van der Waals surface area contributed by atoms with E-state index in [4.69, 9.17) is 16.1 Å². The Hall–Kier alpha value is -2.18. The summed E-state index contributed by atoms with van der Waals surface area (Å²) in [6.45, 7) is 8.62. The van der Waals surface area contributed by atoms with E-state index in [1.54, 1.807) is 24.3 Å². The molecule has 0 aliphatic carbocycles. The molecule has 1 aromatic carbocycles. The zero-order valence-electron chi connectivity index (χ0n) is 15.8. The molecule has 1 N–H and O–H groups in total. The van der Waals surface area contributed by atoms with Crippen LogP contribution in [0.4, 0.5) is 0 Å². The molecular formula is C20H22ClN3O2S. The summed E-state index contributed by atoms with van der Waals surface area (Å²) in [4.78, 5) is 17.4. The first-order chi connectivity index (χ1) is 12.8. The third kappa shape index (κ3) is 4.39. The van der Waals surface area contributed by atoms with Crippen molar-refractivity contribution < 1.29 is 9.32 Å². The number of thiazole rings is 1. The number of nitrogens with zero attached hydrogens (tertiary/aromatic N) is 2. The largest absolute Gasteiger partial charge is 0.360 e. The van der Waals surface area contributed by atoms with E-state index in [2.05, 4.69) is 41.6 Å². The van der Waals surface area contributed by atoms with E-state index in [0.717, 1.165) is 10.7 Å². The van der Waals surface area contributed by atoms with Gasteiger partial charge < -0.3 is 9.84 Å². The van der Waals surface area contributed by atoms with Gasteiger partial charge in [0, 0.05) is 29.3 Å². The van der Waals surface area contributed by atoms with Crippen molar-refractivity contribution in [2.24, 2.45) is 0 Å². The van der Waals surface area contributed by atoms with Crippen LogP contribution in [-0.4, -0.2) is 22.6 Å². The van der Waals surface area contributed by atoms with Gasteiger partial charge >= 0.3 is 0 Å². The number of hydrogen-bond acceptors (Lipinski definition) is 5. The number of carbonyl (C=O) groups is 1. The molecule has 0 saturated heterocycles. The van der Waals surface area contributed by atoms with Crippen LogP contribution in [0.2, 0.25) is 5.02 Å². The van der Waals surface area contributed by atoms with Gasteiger partial charge in [0.05, 0.1) is 15.7 Å². The van der Waals surface area contributed by atoms with Crippen molar-refractivity contribution in [1.29, 1.82) is 0 Å². The van der Waals surface area contributed by atoms with Gasteiger partial charge in [-0.3, -0.25) is 4.79 Å². The van der Waals surface area contributed by atoms with Crippen molar-refractivity contribution >= 4 is 28.8 Å². The Morgan fingerprint density at radius 3 is 2.70 bits per heavy atom. The van der Waals surface area contributed by atoms with Gasteiger partial charge in [-0.15, -0.1) is 11.3 Å². The van der Waals surface area contributed by atoms with E-state index >= 15 is 0 Å². The quantitative estimate of drug-likeness (QED) is 0.648. The predicted octanol–water partition coefficient (Wildman–Crippen LogP) is 5.03. The Balaban J connectivity index is 1.70. The number of amides is 1. The number of hydrogen-bond donors (Lipinski definition) is 1. The highest BCUT2D eigenvalue weighted by atomic mass is 35.5.